The van der Waals surface area contributed by atoms with Gasteiger partial charge in [0, 0.05) is 11.0 Å². The molecule has 17 heavy (non-hydrogen) atoms. The molecule has 3 heteroatoms. The standard InChI is InChI=1S/C14H16FNS/c15-14-7-6-11(8-12(14)9-16)10-17-13-4-2-1-3-5-13/h6-8,13H,1-5,10H2. The van der Waals surface area contributed by atoms with Crippen LogP contribution in [0.15, 0.2) is 18.2 Å². The molecule has 1 fully saturated rings. The Bertz CT molecular complexity index is 419. The average Bonchev–Trinajstić information content (AvgIpc) is 2.39. The van der Waals surface area contributed by atoms with Crippen LogP contribution in [0.2, 0.25) is 0 Å². The second-order valence-electron chi connectivity index (χ2n) is 4.50. The molecule has 0 heterocycles. The van der Waals surface area contributed by atoms with Gasteiger partial charge >= 0.3 is 0 Å². The Kier molecular flexibility index (Phi) is 4.44. The minimum Gasteiger partial charge on any atom is -0.206 e. The molecule has 1 aliphatic carbocycles. The second kappa shape index (κ2) is 6.07. The van der Waals surface area contributed by atoms with Gasteiger partial charge in [0.15, 0.2) is 0 Å². The Morgan fingerprint density at radius 1 is 1.29 bits per heavy atom. The molecular formula is C14H16FNS. The first-order chi connectivity index (χ1) is 8.29. The van der Waals surface area contributed by atoms with Gasteiger partial charge in [-0.25, -0.2) is 4.39 Å². The van der Waals surface area contributed by atoms with E-state index in [9.17, 15) is 4.39 Å². The van der Waals surface area contributed by atoms with E-state index >= 15 is 0 Å². The molecule has 1 saturated carbocycles. The summed E-state index contributed by atoms with van der Waals surface area (Å²) in [6, 6.07) is 6.74. The first-order valence-electron chi connectivity index (χ1n) is 6.10. The Hall–Kier alpha value is -1.01. The zero-order valence-electron chi connectivity index (χ0n) is 9.79. The van der Waals surface area contributed by atoms with E-state index in [2.05, 4.69) is 0 Å². The number of rotatable bonds is 3. The fourth-order valence-corrected chi connectivity index (χ4v) is 3.47. The predicted molar refractivity (Wildman–Crippen MR) is 69.3 cm³/mol. The number of thioether (sulfide) groups is 1. The summed E-state index contributed by atoms with van der Waals surface area (Å²) in [6.07, 6.45) is 6.65. The molecule has 1 aliphatic rings. The van der Waals surface area contributed by atoms with Crippen molar-refractivity contribution in [2.45, 2.75) is 43.1 Å². The summed E-state index contributed by atoms with van der Waals surface area (Å²) in [5.41, 5.74) is 1.21. The van der Waals surface area contributed by atoms with Crippen LogP contribution in [0.3, 0.4) is 0 Å². The third kappa shape index (κ3) is 3.47. The van der Waals surface area contributed by atoms with Crippen LogP contribution in [0.5, 0.6) is 0 Å². The van der Waals surface area contributed by atoms with Crippen LogP contribution in [0.4, 0.5) is 4.39 Å². The Morgan fingerprint density at radius 2 is 2.06 bits per heavy atom. The lowest BCUT2D eigenvalue weighted by Crippen LogP contribution is -2.08. The molecule has 0 spiro atoms. The molecule has 1 aromatic carbocycles. The van der Waals surface area contributed by atoms with E-state index in [1.807, 2.05) is 17.8 Å². The zero-order valence-corrected chi connectivity index (χ0v) is 10.6. The van der Waals surface area contributed by atoms with Crippen LogP contribution in [0, 0.1) is 17.1 Å². The Morgan fingerprint density at radius 3 is 2.76 bits per heavy atom. The Balaban J connectivity index is 1.92. The minimum absolute atomic E-state index is 0.159. The van der Waals surface area contributed by atoms with E-state index in [1.54, 1.807) is 12.1 Å². The number of nitrogens with zero attached hydrogens (tertiary/aromatic N) is 1. The largest absolute Gasteiger partial charge is 0.206 e. The van der Waals surface area contributed by atoms with E-state index in [-0.39, 0.29) is 5.56 Å². The molecule has 0 aliphatic heterocycles. The summed E-state index contributed by atoms with van der Waals surface area (Å²) >= 11 is 1.94. The number of benzene rings is 1. The zero-order chi connectivity index (χ0) is 12.1. The summed E-state index contributed by atoms with van der Waals surface area (Å²) in [5.74, 6) is 0.471. The maximum absolute atomic E-state index is 13.1. The van der Waals surface area contributed by atoms with Crippen LogP contribution in [-0.2, 0) is 5.75 Å². The maximum atomic E-state index is 13.1. The van der Waals surface area contributed by atoms with Crippen LogP contribution >= 0.6 is 11.8 Å². The molecule has 0 unspecified atom stereocenters. The normalized spacial score (nSPS) is 16.7. The molecule has 0 N–H and O–H groups in total. The van der Waals surface area contributed by atoms with Gasteiger partial charge in [0.25, 0.3) is 0 Å². The lowest BCUT2D eigenvalue weighted by molar-refractivity contribution is 0.516. The van der Waals surface area contributed by atoms with Crippen molar-refractivity contribution in [2.24, 2.45) is 0 Å². The van der Waals surface area contributed by atoms with Crippen LogP contribution in [0.25, 0.3) is 0 Å². The summed E-state index contributed by atoms with van der Waals surface area (Å²) in [6.45, 7) is 0. The van der Waals surface area contributed by atoms with Gasteiger partial charge in [-0.05, 0) is 30.5 Å². The quantitative estimate of drug-likeness (QED) is 0.799. The van der Waals surface area contributed by atoms with Crippen LogP contribution in [0.1, 0.15) is 43.2 Å². The highest BCUT2D eigenvalue weighted by atomic mass is 32.2. The Labute approximate surface area is 106 Å². The number of hydrogen-bond acceptors (Lipinski definition) is 2. The van der Waals surface area contributed by atoms with Gasteiger partial charge in [0.1, 0.15) is 11.9 Å². The fraction of sp³-hybridized carbons (Fsp3) is 0.500. The first-order valence-corrected chi connectivity index (χ1v) is 7.14. The first kappa shape index (κ1) is 12.4. The highest BCUT2D eigenvalue weighted by molar-refractivity contribution is 7.99. The van der Waals surface area contributed by atoms with Crippen molar-refractivity contribution < 1.29 is 4.39 Å². The van der Waals surface area contributed by atoms with Crippen molar-refractivity contribution in [3.63, 3.8) is 0 Å². The predicted octanol–water partition coefficient (Wildman–Crippen LogP) is 4.26. The molecule has 0 bridgehead atoms. The van der Waals surface area contributed by atoms with E-state index in [0.29, 0.717) is 0 Å². The summed E-state index contributed by atoms with van der Waals surface area (Å²) in [7, 11) is 0. The average molecular weight is 249 g/mol. The van der Waals surface area contributed by atoms with Gasteiger partial charge in [-0.15, -0.1) is 0 Å². The fourth-order valence-electron chi connectivity index (χ4n) is 2.19. The molecule has 0 aromatic heterocycles. The molecule has 90 valence electrons. The van der Waals surface area contributed by atoms with E-state index in [4.69, 9.17) is 5.26 Å². The monoisotopic (exact) mass is 249 g/mol. The molecule has 0 atom stereocenters. The molecule has 0 amide bonds. The van der Waals surface area contributed by atoms with Crippen LogP contribution in [-0.4, -0.2) is 5.25 Å². The summed E-state index contributed by atoms with van der Waals surface area (Å²) < 4.78 is 13.1. The van der Waals surface area contributed by atoms with Gasteiger partial charge in [0.05, 0.1) is 5.56 Å². The van der Waals surface area contributed by atoms with Crippen molar-refractivity contribution in [2.75, 3.05) is 0 Å². The van der Waals surface area contributed by atoms with Gasteiger partial charge in [-0.2, -0.15) is 17.0 Å². The summed E-state index contributed by atoms with van der Waals surface area (Å²) in [4.78, 5) is 0. The second-order valence-corrected chi connectivity index (χ2v) is 5.79. The highest BCUT2D eigenvalue weighted by Crippen LogP contribution is 2.30. The molecule has 0 saturated heterocycles. The third-order valence-electron chi connectivity index (χ3n) is 3.19. The van der Waals surface area contributed by atoms with Crippen molar-refractivity contribution in [3.8, 4) is 6.07 Å². The smallest absolute Gasteiger partial charge is 0.140 e. The van der Waals surface area contributed by atoms with E-state index in [0.717, 1.165) is 16.6 Å². The van der Waals surface area contributed by atoms with Crippen molar-refractivity contribution in [3.05, 3.63) is 35.1 Å². The lowest BCUT2D eigenvalue weighted by atomic mass is 10.0. The maximum Gasteiger partial charge on any atom is 0.140 e. The van der Waals surface area contributed by atoms with Gasteiger partial charge < -0.3 is 0 Å². The highest BCUT2D eigenvalue weighted by Gasteiger charge is 2.13. The van der Waals surface area contributed by atoms with E-state index < -0.39 is 5.82 Å². The van der Waals surface area contributed by atoms with Crippen molar-refractivity contribution >= 4 is 11.8 Å². The SMILES string of the molecule is N#Cc1cc(CSC2CCCCC2)ccc1F. The van der Waals surface area contributed by atoms with Gasteiger partial charge in [-0.1, -0.05) is 25.3 Å². The number of halogens is 1. The topological polar surface area (TPSA) is 23.8 Å². The molecule has 1 nitrogen and oxygen atoms in total. The third-order valence-corrected chi connectivity index (χ3v) is 4.63. The van der Waals surface area contributed by atoms with Crippen molar-refractivity contribution in [1.82, 2.24) is 0 Å². The van der Waals surface area contributed by atoms with Crippen molar-refractivity contribution in [1.29, 1.82) is 5.26 Å². The van der Waals surface area contributed by atoms with Gasteiger partial charge in [0.2, 0.25) is 0 Å². The lowest BCUT2D eigenvalue weighted by Gasteiger charge is -2.20. The molecule has 0 radical (unpaired) electrons. The van der Waals surface area contributed by atoms with Crippen LogP contribution < -0.4 is 0 Å². The molecule has 1 aromatic rings. The van der Waals surface area contributed by atoms with Gasteiger partial charge in [-0.3, -0.25) is 0 Å². The minimum atomic E-state index is -0.418. The number of nitriles is 1. The van der Waals surface area contributed by atoms with E-state index in [1.165, 1.54) is 38.2 Å². The molecular weight excluding hydrogens is 233 g/mol. The summed E-state index contributed by atoms with van der Waals surface area (Å²) in [5, 5.41) is 9.51. The molecule has 2 rings (SSSR count). The number of hydrogen-bond donors (Lipinski definition) is 0.